The molecule has 9 heteroatoms. The van der Waals surface area contributed by atoms with E-state index in [9.17, 15) is 14.4 Å². The van der Waals surface area contributed by atoms with Gasteiger partial charge in [-0.1, -0.05) is 0 Å². The largest absolute Gasteiger partial charge is 0.464 e. The lowest BCUT2D eigenvalue weighted by Crippen LogP contribution is -2.22. The molecule has 0 unspecified atom stereocenters. The Labute approximate surface area is 130 Å². The zero-order chi connectivity index (χ0) is 17.0. The molecular weight excluding hydrogens is 304 g/mol. The molecule has 0 saturated heterocycles. The Morgan fingerprint density at radius 3 is 1.87 bits per heavy atom. The number of anilines is 1. The number of pyridine rings is 1. The minimum absolute atomic E-state index is 0.184. The first-order valence-electron chi connectivity index (χ1n) is 6.28. The van der Waals surface area contributed by atoms with Crippen molar-refractivity contribution >= 4 is 23.7 Å². The summed E-state index contributed by atoms with van der Waals surface area (Å²) in [6.45, 7) is 0. The normalized spacial score (nSPS) is 10.0. The van der Waals surface area contributed by atoms with E-state index >= 15 is 0 Å². The fourth-order valence-electron chi connectivity index (χ4n) is 1.83. The number of nitrogens with zero attached hydrogens (tertiary/aromatic N) is 3. The van der Waals surface area contributed by atoms with Gasteiger partial charge >= 0.3 is 11.9 Å². The van der Waals surface area contributed by atoms with Gasteiger partial charge in [0.05, 0.1) is 19.8 Å². The summed E-state index contributed by atoms with van der Waals surface area (Å²) >= 11 is 0. The van der Waals surface area contributed by atoms with Crippen molar-refractivity contribution in [3.8, 4) is 0 Å². The van der Waals surface area contributed by atoms with Crippen molar-refractivity contribution in [2.75, 3.05) is 20.0 Å². The summed E-state index contributed by atoms with van der Waals surface area (Å²) in [6.07, 6.45) is 2.78. The highest BCUT2D eigenvalue weighted by Gasteiger charge is 2.30. The highest BCUT2D eigenvalue weighted by molar-refractivity contribution is 6.18. The van der Waals surface area contributed by atoms with Gasteiger partial charge in [0, 0.05) is 18.0 Å². The summed E-state index contributed by atoms with van der Waals surface area (Å²) in [6, 6.07) is 2.83. The van der Waals surface area contributed by atoms with Crippen LogP contribution in [-0.2, 0) is 9.47 Å². The summed E-state index contributed by atoms with van der Waals surface area (Å²) in [5.41, 5.74) is 4.50. The lowest BCUT2D eigenvalue weighted by atomic mass is 10.0. The fraction of sp³-hybridized carbons (Fsp3) is 0.143. The van der Waals surface area contributed by atoms with E-state index in [2.05, 4.69) is 24.4 Å². The molecule has 9 nitrogen and oxygen atoms in total. The maximum atomic E-state index is 12.7. The van der Waals surface area contributed by atoms with E-state index in [4.69, 9.17) is 5.73 Å². The van der Waals surface area contributed by atoms with Crippen LogP contribution in [0.4, 0.5) is 5.95 Å². The van der Waals surface area contributed by atoms with Gasteiger partial charge in [0.1, 0.15) is 0 Å². The summed E-state index contributed by atoms with van der Waals surface area (Å²) in [7, 11) is 2.22. The molecule has 23 heavy (non-hydrogen) atoms. The molecule has 0 saturated carbocycles. The summed E-state index contributed by atoms with van der Waals surface area (Å²) < 4.78 is 9.17. The second kappa shape index (κ2) is 6.60. The Morgan fingerprint density at radius 1 is 0.957 bits per heavy atom. The third-order valence-electron chi connectivity index (χ3n) is 2.85. The number of hydrogen-bond acceptors (Lipinski definition) is 9. The van der Waals surface area contributed by atoms with Crippen LogP contribution in [0.3, 0.4) is 0 Å². The first-order valence-corrected chi connectivity index (χ1v) is 6.28. The third-order valence-corrected chi connectivity index (χ3v) is 2.85. The van der Waals surface area contributed by atoms with Gasteiger partial charge in [-0.15, -0.1) is 0 Å². The number of esters is 2. The van der Waals surface area contributed by atoms with E-state index in [0.717, 1.165) is 14.2 Å². The van der Waals surface area contributed by atoms with E-state index in [-0.39, 0.29) is 17.1 Å². The second-order valence-corrected chi connectivity index (χ2v) is 4.20. The van der Waals surface area contributed by atoms with Crippen LogP contribution in [0, 0.1) is 0 Å². The summed E-state index contributed by atoms with van der Waals surface area (Å²) in [5.74, 6) is -2.88. The van der Waals surface area contributed by atoms with Gasteiger partial charge in [0.2, 0.25) is 5.95 Å². The molecule has 0 fully saturated rings. The molecule has 0 aromatic carbocycles. The molecule has 0 radical (unpaired) electrons. The number of rotatable bonds is 4. The Kier molecular flexibility index (Phi) is 4.60. The van der Waals surface area contributed by atoms with Crippen molar-refractivity contribution in [1.29, 1.82) is 0 Å². The lowest BCUT2D eigenvalue weighted by Gasteiger charge is -2.11. The van der Waals surface area contributed by atoms with Crippen LogP contribution in [0.2, 0.25) is 0 Å². The van der Waals surface area contributed by atoms with Gasteiger partial charge in [0.15, 0.2) is 17.2 Å². The molecule has 2 N–H and O–H groups in total. The van der Waals surface area contributed by atoms with Gasteiger partial charge < -0.3 is 15.2 Å². The number of carbonyl (C=O) groups excluding carboxylic acids is 3. The molecule has 0 spiro atoms. The van der Waals surface area contributed by atoms with Crippen molar-refractivity contribution in [3.63, 3.8) is 0 Å². The molecule has 0 amide bonds. The van der Waals surface area contributed by atoms with Crippen molar-refractivity contribution in [3.05, 3.63) is 47.0 Å². The van der Waals surface area contributed by atoms with Crippen molar-refractivity contribution < 1.29 is 23.9 Å². The molecule has 2 rings (SSSR count). The van der Waals surface area contributed by atoms with Gasteiger partial charge in [-0.05, 0) is 12.1 Å². The molecule has 2 aromatic heterocycles. The van der Waals surface area contributed by atoms with E-state index in [1.807, 2.05) is 0 Å². The van der Waals surface area contributed by atoms with E-state index in [1.165, 1.54) is 24.5 Å². The highest BCUT2D eigenvalue weighted by atomic mass is 16.5. The average molecular weight is 316 g/mol. The van der Waals surface area contributed by atoms with Crippen LogP contribution in [0.5, 0.6) is 0 Å². The first-order chi connectivity index (χ1) is 11.0. The van der Waals surface area contributed by atoms with Crippen molar-refractivity contribution in [2.24, 2.45) is 0 Å². The van der Waals surface area contributed by atoms with Crippen LogP contribution in [0.1, 0.15) is 36.9 Å². The minimum atomic E-state index is -0.929. The minimum Gasteiger partial charge on any atom is -0.464 e. The number of hydrogen-bond donors (Lipinski definition) is 1. The predicted octanol–water partition coefficient (Wildman–Crippen LogP) is 0.258. The van der Waals surface area contributed by atoms with Gasteiger partial charge in [-0.25, -0.2) is 19.6 Å². The number of methoxy groups -OCH3 is 2. The first kappa shape index (κ1) is 16.0. The SMILES string of the molecule is COC(=O)c1nc(N)nc(C(=O)OC)c1C(=O)c1ccncc1. The quantitative estimate of drug-likeness (QED) is 0.622. The number of ketones is 1. The Bertz CT molecular complexity index is 739. The molecular formula is C14H12N4O5. The fourth-order valence-corrected chi connectivity index (χ4v) is 1.83. The smallest absolute Gasteiger partial charge is 0.357 e. The monoisotopic (exact) mass is 316 g/mol. The molecule has 0 aliphatic rings. The Balaban J connectivity index is 2.74. The topological polar surface area (TPSA) is 134 Å². The number of nitrogen functional groups attached to an aromatic ring is 1. The molecule has 118 valence electrons. The zero-order valence-electron chi connectivity index (χ0n) is 12.3. The van der Waals surface area contributed by atoms with Crippen molar-refractivity contribution in [1.82, 2.24) is 15.0 Å². The molecule has 0 atom stereocenters. The van der Waals surface area contributed by atoms with E-state index in [0.29, 0.717) is 0 Å². The van der Waals surface area contributed by atoms with Crippen LogP contribution in [0.15, 0.2) is 24.5 Å². The van der Waals surface area contributed by atoms with Crippen LogP contribution >= 0.6 is 0 Å². The zero-order valence-corrected chi connectivity index (χ0v) is 12.3. The van der Waals surface area contributed by atoms with E-state index < -0.39 is 29.1 Å². The van der Waals surface area contributed by atoms with Crippen LogP contribution in [0.25, 0.3) is 0 Å². The maximum absolute atomic E-state index is 12.7. The molecule has 2 aromatic rings. The highest BCUT2D eigenvalue weighted by Crippen LogP contribution is 2.19. The number of nitrogens with two attached hydrogens (primary N) is 1. The van der Waals surface area contributed by atoms with Crippen LogP contribution < -0.4 is 5.73 Å². The predicted molar refractivity (Wildman–Crippen MR) is 76.8 cm³/mol. The van der Waals surface area contributed by atoms with Gasteiger partial charge in [-0.2, -0.15) is 0 Å². The summed E-state index contributed by atoms with van der Waals surface area (Å²) in [5, 5.41) is 0. The van der Waals surface area contributed by atoms with Gasteiger partial charge in [-0.3, -0.25) is 9.78 Å². The maximum Gasteiger partial charge on any atom is 0.357 e. The standard InChI is InChI=1S/C14H12N4O5/c1-22-12(20)9-8(11(19)7-3-5-16-6-4-7)10(13(21)23-2)18-14(15)17-9/h3-6H,1-2H3,(H2,15,17,18). The number of ether oxygens (including phenoxy) is 2. The average Bonchev–Trinajstić information content (AvgIpc) is 2.59. The summed E-state index contributed by atoms with van der Waals surface area (Å²) in [4.78, 5) is 47.7. The molecule has 0 aliphatic carbocycles. The van der Waals surface area contributed by atoms with Crippen molar-refractivity contribution in [2.45, 2.75) is 0 Å². The van der Waals surface area contributed by atoms with Gasteiger partial charge in [0.25, 0.3) is 0 Å². The molecule has 0 bridgehead atoms. The molecule has 0 aliphatic heterocycles. The lowest BCUT2D eigenvalue weighted by molar-refractivity contribution is 0.0583. The van der Waals surface area contributed by atoms with E-state index in [1.54, 1.807) is 0 Å². The Hall–Kier alpha value is -3.36. The van der Waals surface area contributed by atoms with Crippen LogP contribution in [-0.4, -0.2) is 46.9 Å². The number of carbonyl (C=O) groups is 3. The number of aromatic nitrogens is 3. The third kappa shape index (κ3) is 3.12. The molecule has 2 heterocycles. The second-order valence-electron chi connectivity index (χ2n) is 4.20. The Morgan fingerprint density at radius 2 is 1.43 bits per heavy atom.